The van der Waals surface area contributed by atoms with Crippen molar-refractivity contribution in [3.63, 3.8) is 0 Å². The van der Waals surface area contributed by atoms with Crippen molar-refractivity contribution in [2.45, 2.75) is 124 Å². The Hall–Kier alpha value is -3.64. The van der Waals surface area contributed by atoms with E-state index in [2.05, 4.69) is 15.2 Å². The van der Waals surface area contributed by atoms with Crippen LogP contribution in [0.15, 0.2) is 29.6 Å². The first-order chi connectivity index (χ1) is 25.1. The van der Waals surface area contributed by atoms with Gasteiger partial charge in [-0.25, -0.2) is 4.98 Å². The molecular formula is C41H62N4O7S. The third-order valence-electron chi connectivity index (χ3n) is 10.8. The zero-order chi connectivity index (χ0) is 39.4. The minimum absolute atomic E-state index is 0.00495. The van der Waals surface area contributed by atoms with Gasteiger partial charge in [-0.05, 0) is 63.6 Å². The van der Waals surface area contributed by atoms with Gasteiger partial charge in [-0.2, -0.15) is 0 Å². The molecule has 0 saturated carbocycles. The van der Waals surface area contributed by atoms with Crippen molar-refractivity contribution < 1.29 is 33.4 Å². The van der Waals surface area contributed by atoms with E-state index in [4.69, 9.17) is 9.47 Å². The number of carbonyl (C=O) groups excluding carboxylic acids is 5. The Morgan fingerprint density at radius 2 is 1.74 bits per heavy atom. The second kappa shape index (κ2) is 20.7. The Balaban J connectivity index is 1.82. The molecule has 0 aliphatic carbocycles. The number of likely N-dealkylation sites (tertiary alicyclic amines) is 1. The number of thiazole rings is 1. The van der Waals surface area contributed by atoms with Gasteiger partial charge in [0.15, 0.2) is 11.9 Å². The van der Waals surface area contributed by atoms with E-state index in [-0.39, 0.29) is 66.2 Å². The number of piperidine rings is 1. The highest BCUT2D eigenvalue weighted by molar-refractivity contribution is 7.09. The number of hydrogen-bond donors (Lipinski definition) is 1. The second-order valence-electron chi connectivity index (χ2n) is 15.3. The number of aryl methyl sites for hydroxylation is 1. The van der Waals surface area contributed by atoms with E-state index in [0.29, 0.717) is 17.8 Å². The summed E-state index contributed by atoms with van der Waals surface area (Å²) >= 11 is 1.22. The fraction of sp³-hybridized carbons (Fsp3) is 0.659. The highest BCUT2D eigenvalue weighted by atomic mass is 32.1. The fourth-order valence-corrected chi connectivity index (χ4v) is 8.14. The standard InChI is InChI=1S/C41H62N4O7S/c1-11-27(5)32(22-36(47)34-14-12-13-19-44(34)8)40(49)45(9)35(25(2)3)23-37(52-29(7)46)39-43-33(24-53-39)38(48)42-31(20-28(6)41(50)51-10)21-30-17-15-26(4)16-18-30/h15-18,24-25,27-28,31-32,34-35,37H,11-14,19-23H2,1-10H3,(H,42,48)/t27-,28?,31+,32-,34+,35+,37+/m0/s1. The van der Waals surface area contributed by atoms with E-state index in [1.54, 1.807) is 24.3 Å². The molecule has 2 heterocycles. The maximum Gasteiger partial charge on any atom is 0.308 e. The first-order valence-electron chi connectivity index (χ1n) is 19.1. The van der Waals surface area contributed by atoms with E-state index >= 15 is 0 Å². The number of methoxy groups -OCH3 is 1. The number of benzene rings is 1. The molecule has 294 valence electrons. The molecule has 1 unspecified atom stereocenters. The molecule has 1 aromatic heterocycles. The van der Waals surface area contributed by atoms with Crippen molar-refractivity contribution in [3.8, 4) is 0 Å². The average molecular weight is 755 g/mol. The summed E-state index contributed by atoms with van der Waals surface area (Å²) in [4.78, 5) is 74.6. The maximum atomic E-state index is 14.3. The number of nitrogens with one attached hydrogen (secondary N) is 1. The highest BCUT2D eigenvalue weighted by Gasteiger charge is 2.37. The number of hydrogen-bond acceptors (Lipinski definition) is 10. The van der Waals surface area contributed by atoms with Crippen LogP contribution in [0, 0.1) is 30.6 Å². The van der Waals surface area contributed by atoms with Crippen molar-refractivity contribution in [2.75, 3.05) is 27.7 Å². The smallest absolute Gasteiger partial charge is 0.308 e. The summed E-state index contributed by atoms with van der Waals surface area (Å²) in [6.45, 7) is 14.1. The lowest BCUT2D eigenvalue weighted by atomic mass is 9.83. The highest BCUT2D eigenvalue weighted by Crippen LogP contribution is 2.33. The summed E-state index contributed by atoms with van der Waals surface area (Å²) in [6.07, 6.45) is 4.21. The molecule has 0 bridgehead atoms. The number of ether oxygens (including phenoxy) is 2. The van der Waals surface area contributed by atoms with Crippen LogP contribution in [0.3, 0.4) is 0 Å². The molecule has 1 N–H and O–H groups in total. The van der Waals surface area contributed by atoms with Gasteiger partial charge in [0.05, 0.1) is 19.1 Å². The van der Waals surface area contributed by atoms with Crippen molar-refractivity contribution in [2.24, 2.45) is 23.7 Å². The van der Waals surface area contributed by atoms with Gasteiger partial charge in [0.2, 0.25) is 5.91 Å². The molecule has 1 aliphatic heterocycles. The molecule has 1 aliphatic rings. The summed E-state index contributed by atoms with van der Waals surface area (Å²) in [6, 6.07) is 7.16. The van der Waals surface area contributed by atoms with Gasteiger partial charge >= 0.3 is 11.9 Å². The molecule has 2 amide bonds. The first-order valence-corrected chi connectivity index (χ1v) is 20.0. The average Bonchev–Trinajstić information content (AvgIpc) is 3.62. The zero-order valence-electron chi connectivity index (χ0n) is 33.5. The summed E-state index contributed by atoms with van der Waals surface area (Å²) in [7, 11) is 5.11. The third-order valence-corrected chi connectivity index (χ3v) is 11.7. The minimum atomic E-state index is -0.802. The third kappa shape index (κ3) is 12.7. The Bertz CT molecular complexity index is 1530. The normalized spacial score (nSPS) is 18.3. The second-order valence-corrected chi connectivity index (χ2v) is 16.2. The molecule has 12 heteroatoms. The predicted octanol–water partition coefficient (Wildman–Crippen LogP) is 6.57. The van der Waals surface area contributed by atoms with Crippen LogP contribution in [-0.4, -0.2) is 90.2 Å². The van der Waals surface area contributed by atoms with Gasteiger partial charge in [-0.1, -0.05) is 77.3 Å². The lowest BCUT2D eigenvalue weighted by Gasteiger charge is -2.37. The van der Waals surface area contributed by atoms with Crippen LogP contribution in [-0.2, 0) is 35.1 Å². The Morgan fingerprint density at radius 3 is 2.32 bits per heavy atom. The monoisotopic (exact) mass is 754 g/mol. The minimum Gasteiger partial charge on any atom is -0.469 e. The van der Waals surface area contributed by atoms with Gasteiger partial charge in [-0.3, -0.25) is 28.9 Å². The Labute approximate surface area is 320 Å². The maximum absolute atomic E-state index is 14.3. The Kier molecular flexibility index (Phi) is 17.1. The van der Waals surface area contributed by atoms with Gasteiger partial charge in [-0.15, -0.1) is 11.3 Å². The molecular weight excluding hydrogens is 693 g/mol. The molecule has 3 rings (SSSR count). The van der Waals surface area contributed by atoms with Crippen LogP contribution in [0.25, 0.3) is 0 Å². The van der Waals surface area contributed by atoms with Crippen molar-refractivity contribution in [1.29, 1.82) is 0 Å². The van der Waals surface area contributed by atoms with E-state index in [1.807, 2.05) is 65.9 Å². The summed E-state index contributed by atoms with van der Waals surface area (Å²) in [5.41, 5.74) is 2.32. The van der Waals surface area contributed by atoms with Crippen molar-refractivity contribution >= 4 is 40.9 Å². The molecule has 1 fully saturated rings. The largest absolute Gasteiger partial charge is 0.469 e. The van der Waals surface area contributed by atoms with E-state index in [9.17, 15) is 24.0 Å². The van der Waals surface area contributed by atoms with Gasteiger partial charge < -0.3 is 19.7 Å². The number of amides is 2. The van der Waals surface area contributed by atoms with E-state index in [1.165, 1.54) is 25.4 Å². The number of Topliss-reactive ketones (excluding diaryl/α,β-unsaturated/α-hetero) is 1. The zero-order valence-corrected chi connectivity index (χ0v) is 34.3. The van der Waals surface area contributed by atoms with E-state index in [0.717, 1.165) is 43.4 Å². The van der Waals surface area contributed by atoms with Crippen molar-refractivity contribution in [3.05, 3.63) is 51.5 Å². The number of likely N-dealkylation sites (N-methyl/N-ethyl adjacent to an activating group) is 1. The Morgan fingerprint density at radius 1 is 1.06 bits per heavy atom. The quantitative estimate of drug-likeness (QED) is 0.158. The lowest BCUT2D eigenvalue weighted by molar-refractivity contribution is -0.149. The first kappa shape index (κ1) is 43.8. The van der Waals surface area contributed by atoms with Crippen LogP contribution in [0.4, 0.5) is 0 Å². The molecule has 1 saturated heterocycles. The van der Waals surface area contributed by atoms with Crippen LogP contribution in [0.1, 0.15) is 119 Å². The van der Waals surface area contributed by atoms with Crippen LogP contribution < -0.4 is 5.32 Å². The number of carbonyl (C=O) groups is 5. The molecule has 7 atom stereocenters. The van der Waals surface area contributed by atoms with Crippen LogP contribution in [0.5, 0.6) is 0 Å². The van der Waals surface area contributed by atoms with Gasteiger partial charge in [0.25, 0.3) is 5.91 Å². The van der Waals surface area contributed by atoms with Crippen LogP contribution in [0.2, 0.25) is 0 Å². The SMILES string of the molecule is CC[C@H](C)[C@H](CC(=O)[C@H]1CCCCN1C)C(=O)N(C)[C@H](C[C@@H](OC(C)=O)c1nc(C(=O)N[C@@H](Cc2ccc(C)cc2)CC(C)C(=O)OC)cs1)C(C)C. The van der Waals surface area contributed by atoms with Gasteiger partial charge in [0, 0.05) is 50.2 Å². The summed E-state index contributed by atoms with van der Waals surface area (Å²) in [5, 5.41) is 5.15. The number of ketones is 1. The summed E-state index contributed by atoms with van der Waals surface area (Å²) < 4.78 is 10.8. The molecule has 1 aromatic carbocycles. The number of esters is 2. The number of rotatable bonds is 19. The topological polar surface area (TPSA) is 135 Å². The number of aromatic nitrogens is 1. The molecule has 0 radical (unpaired) electrons. The molecule has 2 aromatic rings. The molecule has 53 heavy (non-hydrogen) atoms. The molecule has 0 spiro atoms. The fourth-order valence-electron chi connectivity index (χ4n) is 7.30. The van der Waals surface area contributed by atoms with Gasteiger partial charge in [0.1, 0.15) is 10.7 Å². The van der Waals surface area contributed by atoms with Crippen LogP contribution >= 0.6 is 11.3 Å². The summed E-state index contributed by atoms with van der Waals surface area (Å²) in [5.74, 6) is -2.13. The van der Waals surface area contributed by atoms with Crippen molar-refractivity contribution in [1.82, 2.24) is 20.1 Å². The number of nitrogens with zero attached hydrogens (tertiary/aromatic N) is 3. The lowest BCUT2D eigenvalue weighted by Crippen LogP contribution is -2.48. The van der Waals surface area contributed by atoms with E-state index < -0.39 is 29.8 Å². The molecule has 11 nitrogen and oxygen atoms in total. The predicted molar refractivity (Wildman–Crippen MR) is 207 cm³/mol.